The molecular formula is C19H13BrFN3O3S. The molecule has 28 heavy (non-hydrogen) atoms. The zero-order chi connectivity index (χ0) is 20.1. The van der Waals surface area contributed by atoms with Crippen molar-refractivity contribution in [2.75, 3.05) is 4.90 Å². The zero-order valence-corrected chi connectivity index (χ0v) is 16.9. The Morgan fingerprint density at radius 1 is 1.25 bits per heavy atom. The fourth-order valence-corrected chi connectivity index (χ4v) is 3.42. The second-order valence-corrected chi connectivity index (χ2v) is 7.00. The molecule has 0 saturated carbocycles. The molecule has 142 valence electrons. The number of nitrogens with zero attached hydrogens (tertiary/aromatic N) is 3. The number of hydrogen-bond acceptors (Lipinski definition) is 6. The van der Waals surface area contributed by atoms with E-state index in [-0.39, 0.29) is 11.6 Å². The Balaban J connectivity index is 1.76. The number of benzene rings is 1. The van der Waals surface area contributed by atoms with Gasteiger partial charge in [-0.2, -0.15) is 0 Å². The quantitative estimate of drug-likeness (QED) is 0.311. The second-order valence-electron chi connectivity index (χ2n) is 5.41. The number of hydrogen-bond donors (Lipinski definition) is 0. The van der Waals surface area contributed by atoms with Gasteiger partial charge in [0.1, 0.15) is 10.4 Å². The lowest BCUT2D eigenvalue weighted by atomic mass is 10.3. The third-order valence-corrected chi connectivity index (χ3v) is 4.87. The van der Waals surface area contributed by atoms with Crippen molar-refractivity contribution >= 4 is 56.0 Å². The van der Waals surface area contributed by atoms with Gasteiger partial charge in [0.2, 0.25) is 5.91 Å². The Kier molecular flexibility index (Phi) is 6.27. The summed E-state index contributed by atoms with van der Waals surface area (Å²) in [4.78, 5) is 33.4. The minimum Gasteiger partial charge on any atom is -0.420 e. The average Bonchev–Trinajstić information content (AvgIpc) is 3.12. The summed E-state index contributed by atoms with van der Waals surface area (Å²) in [6.07, 6.45) is 4.22. The number of amides is 1. The molecule has 9 heteroatoms. The highest BCUT2D eigenvalue weighted by molar-refractivity contribution is 9.10. The van der Waals surface area contributed by atoms with E-state index in [1.165, 1.54) is 36.1 Å². The summed E-state index contributed by atoms with van der Waals surface area (Å²) in [6.45, 7) is 1.33. The summed E-state index contributed by atoms with van der Waals surface area (Å²) in [5.74, 6) is -1.23. The van der Waals surface area contributed by atoms with Crippen LogP contribution in [-0.4, -0.2) is 21.8 Å². The Hall–Kier alpha value is -2.91. The number of carbonyl (C=O) groups is 2. The van der Waals surface area contributed by atoms with Gasteiger partial charge in [0.25, 0.3) is 0 Å². The molecule has 0 bridgehead atoms. The average molecular weight is 462 g/mol. The van der Waals surface area contributed by atoms with Gasteiger partial charge in [-0.3, -0.25) is 9.69 Å². The van der Waals surface area contributed by atoms with Crippen LogP contribution in [0.15, 0.2) is 58.7 Å². The van der Waals surface area contributed by atoms with Crippen LogP contribution in [0.3, 0.4) is 0 Å². The zero-order valence-electron chi connectivity index (χ0n) is 14.5. The van der Waals surface area contributed by atoms with Gasteiger partial charge in [-0.05, 0) is 46.3 Å². The molecule has 0 saturated heterocycles. The first-order valence-corrected chi connectivity index (χ1v) is 9.64. The van der Waals surface area contributed by atoms with E-state index in [0.717, 1.165) is 11.3 Å². The van der Waals surface area contributed by atoms with Crippen LogP contribution in [0.2, 0.25) is 0 Å². The molecule has 0 atom stereocenters. The summed E-state index contributed by atoms with van der Waals surface area (Å²) in [6, 6.07) is 9.18. The first kappa shape index (κ1) is 19.8. The van der Waals surface area contributed by atoms with Crippen LogP contribution in [0.5, 0.6) is 5.75 Å². The summed E-state index contributed by atoms with van der Waals surface area (Å²) in [7, 11) is 0. The van der Waals surface area contributed by atoms with Crippen LogP contribution in [0.1, 0.15) is 12.6 Å². The van der Waals surface area contributed by atoms with Gasteiger partial charge in [-0.25, -0.2) is 19.2 Å². The molecule has 3 rings (SSSR count). The van der Waals surface area contributed by atoms with Gasteiger partial charge < -0.3 is 4.74 Å². The van der Waals surface area contributed by atoms with Gasteiger partial charge in [0.05, 0.1) is 11.4 Å². The smallest absolute Gasteiger partial charge is 0.336 e. The predicted octanol–water partition coefficient (Wildman–Crippen LogP) is 4.74. The van der Waals surface area contributed by atoms with E-state index in [1.54, 1.807) is 35.8 Å². The van der Waals surface area contributed by atoms with E-state index in [9.17, 15) is 14.0 Å². The molecule has 1 aromatic carbocycles. The Bertz CT molecular complexity index is 1050. The van der Waals surface area contributed by atoms with Crippen molar-refractivity contribution in [3.8, 4) is 5.75 Å². The molecule has 0 aliphatic heterocycles. The Morgan fingerprint density at radius 2 is 2.04 bits per heavy atom. The number of pyridine rings is 1. The highest BCUT2D eigenvalue weighted by Gasteiger charge is 2.20. The van der Waals surface area contributed by atoms with E-state index in [2.05, 4.69) is 25.9 Å². The van der Waals surface area contributed by atoms with Gasteiger partial charge >= 0.3 is 5.97 Å². The number of ether oxygens (including phenoxy) is 1. The molecule has 6 nitrogen and oxygen atoms in total. The van der Waals surface area contributed by atoms with Crippen molar-refractivity contribution in [2.24, 2.45) is 0 Å². The fraction of sp³-hybridized carbons (Fsp3) is 0.0526. The van der Waals surface area contributed by atoms with Crippen molar-refractivity contribution in [1.82, 2.24) is 9.97 Å². The monoisotopic (exact) mass is 461 g/mol. The van der Waals surface area contributed by atoms with Crippen molar-refractivity contribution in [3.05, 3.63) is 70.2 Å². The number of para-hydroxylation sites is 1. The van der Waals surface area contributed by atoms with Crippen LogP contribution < -0.4 is 9.64 Å². The Morgan fingerprint density at radius 3 is 2.75 bits per heavy atom. The van der Waals surface area contributed by atoms with E-state index in [0.29, 0.717) is 21.2 Å². The van der Waals surface area contributed by atoms with Gasteiger partial charge in [0, 0.05) is 24.6 Å². The molecule has 0 radical (unpaired) electrons. The van der Waals surface area contributed by atoms with E-state index >= 15 is 0 Å². The molecule has 0 aliphatic carbocycles. The predicted molar refractivity (Wildman–Crippen MR) is 108 cm³/mol. The van der Waals surface area contributed by atoms with Crippen LogP contribution in [0.25, 0.3) is 6.08 Å². The molecule has 1 amide bonds. The molecule has 0 fully saturated rings. The summed E-state index contributed by atoms with van der Waals surface area (Å²) in [5.41, 5.74) is 0.547. The van der Waals surface area contributed by atoms with E-state index in [4.69, 9.17) is 4.74 Å². The van der Waals surface area contributed by atoms with Gasteiger partial charge in [-0.15, -0.1) is 11.3 Å². The lowest BCUT2D eigenvalue weighted by Gasteiger charge is -2.18. The molecule has 0 unspecified atom stereocenters. The van der Waals surface area contributed by atoms with Crippen molar-refractivity contribution in [2.45, 2.75) is 6.92 Å². The molecular weight excluding hydrogens is 449 g/mol. The number of aromatic nitrogens is 2. The summed E-state index contributed by atoms with van der Waals surface area (Å²) < 4.78 is 19.7. The molecule has 0 N–H and O–H groups in total. The normalized spacial score (nSPS) is 10.8. The van der Waals surface area contributed by atoms with Gasteiger partial charge in [0.15, 0.2) is 10.9 Å². The Labute approximate surface area is 172 Å². The van der Waals surface area contributed by atoms with Crippen LogP contribution in [0.4, 0.5) is 15.2 Å². The standard InChI is InChI=1S/C19H13BrFN3O3S/c1-12(25)24(15-6-3-2-5-14(15)21)19-23-13(11-28-19)8-9-17(26)27-16-7-4-10-22-18(16)20/h2-11H,1H3. The molecule has 0 spiro atoms. The molecule has 0 aliphatic rings. The maximum atomic E-state index is 14.1. The summed E-state index contributed by atoms with van der Waals surface area (Å²) in [5, 5.41) is 1.94. The largest absolute Gasteiger partial charge is 0.420 e. The van der Waals surface area contributed by atoms with Crippen LogP contribution in [0, 0.1) is 5.82 Å². The van der Waals surface area contributed by atoms with E-state index in [1.807, 2.05) is 0 Å². The van der Waals surface area contributed by atoms with Gasteiger partial charge in [-0.1, -0.05) is 12.1 Å². The van der Waals surface area contributed by atoms with Crippen molar-refractivity contribution in [3.63, 3.8) is 0 Å². The highest BCUT2D eigenvalue weighted by Crippen LogP contribution is 2.31. The molecule has 2 heterocycles. The number of rotatable bonds is 5. The third-order valence-electron chi connectivity index (χ3n) is 3.43. The van der Waals surface area contributed by atoms with Crippen LogP contribution in [-0.2, 0) is 9.59 Å². The van der Waals surface area contributed by atoms with Crippen molar-refractivity contribution < 1.29 is 18.7 Å². The maximum Gasteiger partial charge on any atom is 0.336 e. The number of anilines is 2. The third kappa shape index (κ3) is 4.68. The SMILES string of the molecule is CC(=O)N(c1nc(C=CC(=O)Oc2cccnc2Br)cs1)c1ccccc1F. The van der Waals surface area contributed by atoms with E-state index < -0.39 is 11.8 Å². The minimum atomic E-state index is -0.610. The second kappa shape index (κ2) is 8.85. The first-order valence-electron chi connectivity index (χ1n) is 7.97. The summed E-state index contributed by atoms with van der Waals surface area (Å²) >= 11 is 4.34. The lowest BCUT2D eigenvalue weighted by Crippen LogP contribution is -2.23. The minimum absolute atomic E-state index is 0.112. The first-order chi connectivity index (χ1) is 13.5. The number of esters is 1. The lowest BCUT2D eigenvalue weighted by molar-refractivity contribution is -0.129. The number of carbonyl (C=O) groups excluding carboxylic acids is 2. The molecule has 3 aromatic rings. The maximum absolute atomic E-state index is 14.1. The number of thiazole rings is 1. The van der Waals surface area contributed by atoms with Crippen LogP contribution >= 0.6 is 27.3 Å². The van der Waals surface area contributed by atoms with Crippen molar-refractivity contribution in [1.29, 1.82) is 0 Å². The fourth-order valence-electron chi connectivity index (χ4n) is 2.24. The molecule has 2 aromatic heterocycles. The highest BCUT2D eigenvalue weighted by atomic mass is 79.9. The topological polar surface area (TPSA) is 72.4 Å². The number of halogens is 2.